The van der Waals surface area contributed by atoms with Gasteiger partial charge in [0.2, 0.25) is 0 Å². The molecule has 11 heteroatoms. The van der Waals surface area contributed by atoms with Crippen LogP contribution in [0.3, 0.4) is 0 Å². The average Bonchev–Trinajstić information content (AvgIpc) is 3.14. The zero-order valence-corrected chi connectivity index (χ0v) is 29.1. The summed E-state index contributed by atoms with van der Waals surface area (Å²) in [5.74, 6) is 0.811. The number of hydrogen-bond acceptors (Lipinski definition) is 10. The lowest BCUT2D eigenvalue weighted by Gasteiger charge is -2.43. The Balaban J connectivity index is 1.14. The SMILES string of the molecule is CN1C[C@H](COc2nc3c(c(N4CCN(C(=O)OCc5ccccc5)[C@@H](CC#N)C4)n2)CCN(c2cccc4ccccc24)C3)OCC1(C)C. The third kappa shape index (κ3) is 7.18. The molecule has 11 nitrogen and oxygen atoms in total. The smallest absolute Gasteiger partial charge is 0.410 e. The van der Waals surface area contributed by atoms with Gasteiger partial charge in [-0.3, -0.25) is 4.90 Å². The Labute approximate surface area is 294 Å². The topological polar surface area (TPSA) is 107 Å². The van der Waals surface area contributed by atoms with Crippen molar-refractivity contribution >= 4 is 28.4 Å². The fourth-order valence-electron chi connectivity index (χ4n) is 7.08. The normalized spacial score (nSPS) is 20.6. The van der Waals surface area contributed by atoms with E-state index < -0.39 is 6.09 Å². The van der Waals surface area contributed by atoms with Crippen molar-refractivity contribution in [1.29, 1.82) is 5.26 Å². The second-order valence-corrected chi connectivity index (χ2v) is 14.1. The van der Waals surface area contributed by atoms with Crippen LogP contribution >= 0.6 is 0 Å². The predicted molar refractivity (Wildman–Crippen MR) is 192 cm³/mol. The molecule has 50 heavy (non-hydrogen) atoms. The Hall–Kier alpha value is -4.92. The van der Waals surface area contributed by atoms with Crippen molar-refractivity contribution < 1.29 is 19.0 Å². The summed E-state index contributed by atoms with van der Waals surface area (Å²) < 4.78 is 18.2. The lowest BCUT2D eigenvalue weighted by molar-refractivity contribution is -0.101. The molecule has 3 aliphatic rings. The molecule has 0 saturated carbocycles. The van der Waals surface area contributed by atoms with Crippen LogP contribution in [0.5, 0.6) is 6.01 Å². The van der Waals surface area contributed by atoms with Crippen molar-refractivity contribution in [2.45, 2.75) is 57.5 Å². The molecule has 0 radical (unpaired) electrons. The van der Waals surface area contributed by atoms with Crippen LogP contribution in [0.25, 0.3) is 10.8 Å². The number of piperazine rings is 1. The summed E-state index contributed by atoms with van der Waals surface area (Å²) in [6, 6.07) is 26.8. The summed E-state index contributed by atoms with van der Waals surface area (Å²) in [6.07, 6.45) is 0.426. The van der Waals surface area contributed by atoms with Crippen LogP contribution in [0.2, 0.25) is 0 Å². The van der Waals surface area contributed by atoms with E-state index in [-0.39, 0.29) is 30.7 Å². The van der Waals surface area contributed by atoms with Gasteiger partial charge >= 0.3 is 12.1 Å². The highest BCUT2D eigenvalue weighted by atomic mass is 16.6. The number of carbonyl (C=O) groups excluding carboxylic acids is 1. The van der Waals surface area contributed by atoms with Crippen LogP contribution in [0.1, 0.15) is 37.1 Å². The van der Waals surface area contributed by atoms with E-state index in [1.165, 1.54) is 16.5 Å². The zero-order valence-electron chi connectivity index (χ0n) is 29.1. The monoisotopic (exact) mass is 675 g/mol. The van der Waals surface area contributed by atoms with Gasteiger partial charge in [0, 0.05) is 54.9 Å². The van der Waals surface area contributed by atoms with Crippen LogP contribution in [-0.2, 0) is 29.0 Å². The minimum Gasteiger partial charge on any atom is -0.461 e. The number of anilines is 2. The highest BCUT2D eigenvalue weighted by molar-refractivity contribution is 5.94. The third-order valence-corrected chi connectivity index (χ3v) is 10.3. The standard InChI is InChI=1S/C39H45N7O4/c1-39(2)27-50-31(23-43(39)3)26-48-37-41-34-24-44(35-15-9-13-29-12-7-8-14-32(29)35)19-17-33(34)36(42-37)45-20-21-46(30(22-45)16-18-40)38(47)49-25-28-10-5-4-6-11-28/h4-15,30-31H,16-17,19-27H2,1-3H3/t30-,31+/m0/s1. The molecule has 2 atom stereocenters. The highest BCUT2D eigenvalue weighted by Crippen LogP contribution is 2.35. The third-order valence-electron chi connectivity index (χ3n) is 10.3. The maximum atomic E-state index is 13.3. The van der Waals surface area contributed by atoms with E-state index in [2.05, 4.69) is 84.1 Å². The second-order valence-electron chi connectivity index (χ2n) is 14.1. The first kappa shape index (κ1) is 33.6. The van der Waals surface area contributed by atoms with E-state index in [1.54, 1.807) is 4.90 Å². The number of benzene rings is 3. The van der Waals surface area contributed by atoms with Crippen molar-refractivity contribution in [3.8, 4) is 12.1 Å². The number of aromatic nitrogens is 2. The molecule has 0 aliphatic carbocycles. The number of nitrogens with zero attached hydrogens (tertiary/aromatic N) is 7. The van der Waals surface area contributed by atoms with Crippen LogP contribution in [0.15, 0.2) is 72.8 Å². The first-order valence-electron chi connectivity index (χ1n) is 17.5. The van der Waals surface area contributed by atoms with Crippen LogP contribution in [0, 0.1) is 11.3 Å². The van der Waals surface area contributed by atoms with Gasteiger partial charge in [0.05, 0.1) is 37.4 Å². The van der Waals surface area contributed by atoms with Crippen molar-refractivity contribution in [3.05, 3.63) is 89.6 Å². The highest BCUT2D eigenvalue weighted by Gasteiger charge is 2.36. The molecule has 1 amide bonds. The van der Waals surface area contributed by atoms with Gasteiger partial charge in [0.1, 0.15) is 25.1 Å². The van der Waals surface area contributed by atoms with Gasteiger partial charge in [0.25, 0.3) is 0 Å². The van der Waals surface area contributed by atoms with Crippen molar-refractivity contribution in [1.82, 2.24) is 19.8 Å². The average molecular weight is 676 g/mol. The molecule has 2 fully saturated rings. The minimum atomic E-state index is -0.408. The lowest BCUT2D eigenvalue weighted by Crippen LogP contribution is -2.56. The summed E-state index contributed by atoms with van der Waals surface area (Å²) >= 11 is 0. The van der Waals surface area contributed by atoms with Crippen molar-refractivity contribution in [3.63, 3.8) is 0 Å². The van der Waals surface area contributed by atoms with E-state index in [9.17, 15) is 10.1 Å². The molecule has 1 aromatic heterocycles. The first-order valence-corrected chi connectivity index (χ1v) is 17.5. The number of ether oxygens (including phenoxy) is 3. The molecule has 3 aromatic carbocycles. The number of likely N-dealkylation sites (N-methyl/N-ethyl adjacent to an activating group) is 1. The number of nitriles is 1. The number of amides is 1. The molecule has 260 valence electrons. The van der Waals surface area contributed by atoms with Crippen LogP contribution < -0.4 is 14.5 Å². The Morgan fingerprint density at radius 3 is 2.60 bits per heavy atom. The lowest BCUT2D eigenvalue weighted by atomic mass is 10.0. The largest absolute Gasteiger partial charge is 0.461 e. The molecule has 0 unspecified atom stereocenters. The maximum Gasteiger partial charge on any atom is 0.410 e. The Bertz CT molecular complexity index is 1860. The maximum absolute atomic E-state index is 13.3. The van der Waals surface area contributed by atoms with Gasteiger partial charge in [-0.15, -0.1) is 0 Å². The van der Waals surface area contributed by atoms with Crippen LogP contribution in [0.4, 0.5) is 16.3 Å². The molecule has 2 saturated heterocycles. The summed E-state index contributed by atoms with van der Waals surface area (Å²) in [7, 11) is 2.11. The Morgan fingerprint density at radius 2 is 1.78 bits per heavy atom. The van der Waals surface area contributed by atoms with Crippen LogP contribution in [-0.4, -0.2) is 96.5 Å². The zero-order chi connectivity index (χ0) is 34.7. The van der Waals surface area contributed by atoms with E-state index in [0.29, 0.717) is 45.4 Å². The van der Waals surface area contributed by atoms with Gasteiger partial charge in [-0.1, -0.05) is 66.7 Å². The molecule has 0 spiro atoms. The quantitative estimate of drug-likeness (QED) is 0.240. The minimum absolute atomic E-state index is 0.0346. The molecule has 0 N–H and O–H groups in total. The van der Waals surface area contributed by atoms with E-state index in [0.717, 1.165) is 42.1 Å². The predicted octanol–water partition coefficient (Wildman–Crippen LogP) is 5.42. The number of morpholine rings is 1. The van der Waals surface area contributed by atoms with Gasteiger partial charge in [-0.25, -0.2) is 4.79 Å². The molecule has 3 aliphatic heterocycles. The molecule has 0 bridgehead atoms. The summed E-state index contributed by atoms with van der Waals surface area (Å²) in [6.45, 7) is 9.06. The molecule has 4 heterocycles. The van der Waals surface area contributed by atoms with Crippen molar-refractivity contribution in [2.24, 2.45) is 0 Å². The Kier molecular flexibility index (Phi) is 9.74. The summed E-state index contributed by atoms with van der Waals surface area (Å²) in [5.41, 5.74) is 4.07. The number of hydrogen-bond donors (Lipinski definition) is 0. The number of fused-ring (bicyclic) bond motifs is 2. The fourth-order valence-corrected chi connectivity index (χ4v) is 7.08. The summed E-state index contributed by atoms with van der Waals surface area (Å²) in [4.78, 5) is 31.8. The van der Waals surface area contributed by atoms with Gasteiger partial charge in [-0.05, 0) is 44.3 Å². The first-order chi connectivity index (χ1) is 24.3. The van der Waals surface area contributed by atoms with Gasteiger partial charge < -0.3 is 28.9 Å². The molecule has 7 rings (SSSR count). The summed E-state index contributed by atoms with van der Waals surface area (Å²) in [5, 5.41) is 12.2. The number of rotatable bonds is 8. The Morgan fingerprint density at radius 1 is 0.980 bits per heavy atom. The van der Waals surface area contributed by atoms with E-state index in [4.69, 9.17) is 24.2 Å². The van der Waals surface area contributed by atoms with Gasteiger partial charge in [-0.2, -0.15) is 15.2 Å². The second kappa shape index (κ2) is 14.5. The number of carbonyl (C=O) groups is 1. The molecule has 4 aromatic rings. The van der Waals surface area contributed by atoms with E-state index >= 15 is 0 Å². The molecular formula is C39H45N7O4. The molecular weight excluding hydrogens is 630 g/mol. The van der Waals surface area contributed by atoms with Gasteiger partial charge in [0.15, 0.2) is 0 Å². The fraction of sp³-hybridized carbons (Fsp3) is 0.436. The van der Waals surface area contributed by atoms with E-state index in [1.807, 2.05) is 30.3 Å². The van der Waals surface area contributed by atoms with Crippen molar-refractivity contribution in [2.75, 3.05) is 62.8 Å².